The molecule has 1 fully saturated rings. The van der Waals surface area contributed by atoms with E-state index in [1.807, 2.05) is 24.3 Å². The second-order valence-corrected chi connectivity index (χ2v) is 8.57. The molecule has 1 aliphatic heterocycles. The lowest BCUT2D eigenvalue weighted by atomic mass is 9.93. The van der Waals surface area contributed by atoms with Crippen molar-refractivity contribution in [3.8, 4) is 0 Å². The fourth-order valence-electron chi connectivity index (χ4n) is 2.70. The van der Waals surface area contributed by atoms with Gasteiger partial charge in [0.25, 0.3) is 0 Å². The first-order valence-corrected chi connectivity index (χ1v) is 9.20. The number of benzene rings is 1. The first kappa shape index (κ1) is 16.5. The zero-order chi connectivity index (χ0) is 15.5. The summed E-state index contributed by atoms with van der Waals surface area (Å²) in [6.07, 6.45) is 0.937. The van der Waals surface area contributed by atoms with Gasteiger partial charge < -0.3 is 5.32 Å². The lowest BCUT2D eigenvalue weighted by molar-refractivity contribution is 0.375. The molecule has 0 radical (unpaired) electrons. The standard InChI is InChI=1S/C16H26N2O2S/c1-4-17-11-14-6-5-7-15(10-14)12-21(19,20)18-9-8-16(2,3)13-18/h5-7,10,17H,4,8-9,11-13H2,1-3H3. The second kappa shape index (κ2) is 6.46. The maximum atomic E-state index is 12.5. The van der Waals surface area contributed by atoms with Crippen LogP contribution in [0.5, 0.6) is 0 Å². The van der Waals surface area contributed by atoms with Crippen molar-refractivity contribution in [1.82, 2.24) is 9.62 Å². The molecule has 0 amide bonds. The van der Waals surface area contributed by atoms with E-state index in [1.165, 1.54) is 0 Å². The van der Waals surface area contributed by atoms with Crippen LogP contribution in [0.25, 0.3) is 0 Å². The average molecular weight is 310 g/mol. The van der Waals surface area contributed by atoms with E-state index in [0.29, 0.717) is 13.1 Å². The van der Waals surface area contributed by atoms with Crippen molar-refractivity contribution < 1.29 is 8.42 Å². The summed E-state index contributed by atoms with van der Waals surface area (Å²) >= 11 is 0. The first-order valence-electron chi connectivity index (χ1n) is 7.59. The Labute approximate surface area is 128 Å². The molecule has 0 spiro atoms. The van der Waals surface area contributed by atoms with Gasteiger partial charge in [0.05, 0.1) is 5.75 Å². The van der Waals surface area contributed by atoms with Crippen LogP contribution in [0, 0.1) is 5.41 Å². The van der Waals surface area contributed by atoms with Gasteiger partial charge in [0, 0.05) is 19.6 Å². The van der Waals surface area contributed by atoms with Gasteiger partial charge in [-0.15, -0.1) is 0 Å². The maximum absolute atomic E-state index is 12.5. The lowest BCUT2D eigenvalue weighted by Gasteiger charge is -2.19. The zero-order valence-electron chi connectivity index (χ0n) is 13.2. The van der Waals surface area contributed by atoms with Crippen LogP contribution in [-0.2, 0) is 22.3 Å². The summed E-state index contributed by atoms with van der Waals surface area (Å²) in [5.74, 6) is 0.100. The molecular formula is C16H26N2O2S. The van der Waals surface area contributed by atoms with Crippen molar-refractivity contribution in [3.05, 3.63) is 35.4 Å². The molecule has 0 aliphatic carbocycles. The molecule has 0 aromatic heterocycles. The highest BCUT2D eigenvalue weighted by Gasteiger charge is 2.35. The fourth-order valence-corrected chi connectivity index (χ4v) is 4.40. The van der Waals surface area contributed by atoms with E-state index >= 15 is 0 Å². The predicted molar refractivity (Wildman–Crippen MR) is 86.4 cm³/mol. The van der Waals surface area contributed by atoms with Gasteiger partial charge >= 0.3 is 0 Å². The fraction of sp³-hybridized carbons (Fsp3) is 0.625. The van der Waals surface area contributed by atoms with Gasteiger partial charge in [0.15, 0.2) is 0 Å². The monoisotopic (exact) mass is 310 g/mol. The van der Waals surface area contributed by atoms with E-state index in [4.69, 9.17) is 0 Å². The topological polar surface area (TPSA) is 49.4 Å². The highest BCUT2D eigenvalue weighted by molar-refractivity contribution is 7.88. The molecule has 0 unspecified atom stereocenters. The van der Waals surface area contributed by atoms with Crippen LogP contribution in [0.2, 0.25) is 0 Å². The Morgan fingerprint density at radius 1 is 1.29 bits per heavy atom. The van der Waals surface area contributed by atoms with E-state index in [9.17, 15) is 8.42 Å². The van der Waals surface area contributed by atoms with E-state index in [0.717, 1.165) is 30.6 Å². The smallest absolute Gasteiger partial charge is 0.218 e. The number of rotatable bonds is 6. The first-order chi connectivity index (χ1) is 9.82. The quantitative estimate of drug-likeness (QED) is 0.877. The molecule has 118 valence electrons. The minimum Gasteiger partial charge on any atom is -0.313 e. The summed E-state index contributed by atoms with van der Waals surface area (Å²) in [7, 11) is -3.21. The third kappa shape index (κ3) is 4.53. The molecule has 2 rings (SSSR count). The summed E-state index contributed by atoms with van der Waals surface area (Å²) in [6.45, 7) is 9.27. The Morgan fingerprint density at radius 3 is 2.62 bits per heavy atom. The number of sulfonamides is 1. The second-order valence-electron chi connectivity index (χ2n) is 6.60. The number of hydrogen-bond donors (Lipinski definition) is 1. The molecule has 5 heteroatoms. The summed E-state index contributed by atoms with van der Waals surface area (Å²) in [5.41, 5.74) is 2.10. The van der Waals surface area contributed by atoms with E-state index in [-0.39, 0.29) is 11.2 Å². The minimum atomic E-state index is -3.21. The summed E-state index contributed by atoms with van der Waals surface area (Å²) in [5, 5.41) is 3.26. The van der Waals surface area contributed by atoms with Crippen molar-refractivity contribution in [3.63, 3.8) is 0 Å². The van der Waals surface area contributed by atoms with Crippen LogP contribution in [0.3, 0.4) is 0 Å². The lowest BCUT2D eigenvalue weighted by Crippen LogP contribution is -2.31. The van der Waals surface area contributed by atoms with Crippen LogP contribution < -0.4 is 5.32 Å². The maximum Gasteiger partial charge on any atom is 0.218 e. The highest BCUT2D eigenvalue weighted by atomic mass is 32.2. The van der Waals surface area contributed by atoms with Gasteiger partial charge in [-0.25, -0.2) is 12.7 Å². The van der Waals surface area contributed by atoms with Crippen molar-refractivity contribution in [2.75, 3.05) is 19.6 Å². The number of hydrogen-bond acceptors (Lipinski definition) is 3. The Morgan fingerprint density at radius 2 is 2.00 bits per heavy atom. The third-order valence-corrected chi connectivity index (χ3v) is 5.75. The molecule has 0 saturated carbocycles. The molecule has 0 bridgehead atoms. The van der Waals surface area contributed by atoms with Crippen molar-refractivity contribution >= 4 is 10.0 Å². The van der Waals surface area contributed by atoms with Crippen molar-refractivity contribution in [2.24, 2.45) is 5.41 Å². The molecule has 1 aromatic carbocycles. The highest BCUT2D eigenvalue weighted by Crippen LogP contribution is 2.31. The molecule has 1 aromatic rings. The largest absolute Gasteiger partial charge is 0.313 e. The van der Waals surface area contributed by atoms with Crippen LogP contribution in [0.15, 0.2) is 24.3 Å². The van der Waals surface area contributed by atoms with Gasteiger partial charge in [0.1, 0.15) is 0 Å². The Balaban J connectivity index is 2.06. The van der Waals surface area contributed by atoms with Gasteiger partial charge in [-0.05, 0) is 29.5 Å². The molecule has 1 heterocycles. The normalized spacial score (nSPS) is 19.0. The summed E-state index contributed by atoms with van der Waals surface area (Å²) in [4.78, 5) is 0. The summed E-state index contributed by atoms with van der Waals surface area (Å²) < 4.78 is 26.7. The average Bonchev–Trinajstić information content (AvgIpc) is 2.77. The van der Waals surface area contributed by atoms with Crippen LogP contribution in [-0.4, -0.2) is 32.4 Å². The van der Waals surface area contributed by atoms with Crippen LogP contribution in [0.4, 0.5) is 0 Å². The Hall–Kier alpha value is -0.910. The van der Waals surface area contributed by atoms with Crippen LogP contribution >= 0.6 is 0 Å². The molecular weight excluding hydrogens is 284 g/mol. The third-order valence-electron chi connectivity index (χ3n) is 3.96. The number of nitrogens with one attached hydrogen (secondary N) is 1. The molecule has 1 N–H and O–H groups in total. The predicted octanol–water partition coefficient (Wildman–Crippen LogP) is 2.36. The van der Waals surface area contributed by atoms with E-state index in [2.05, 4.69) is 26.1 Å². The van der Waals surface area contributed by atoms with Gasteiger partial charge in [-0.1, -0.05) is 45.0 Å². The van der Waals surface area contributed by atoms with E-state index < -0.39 is 10.0 Å². The van der Waals surface area contributed by atoms with Gasteiger partial charge in [-0.2, -0.15) is 0 Å². The zero-order valence-corrected chi connectivity index (χ0v) is 14.0. The Kier molecular flexibility index (Phi) is 5.07. The van der Waals surface area contributed by atoms with Gasteiger partial charge in [0.2, 0.25) is 10.0 Å². The minimum absolute atomic E-state index is 0.0972. The molecule has 21 heavy (non-hydrogen) atoms. The van der Waals surface area contributed by atoms with Crippen LogP contribution in [0.1, 0.15) is 38.3 Å². The molecule has 4 nitrogen and oxygen atoms in total. The summed E-state index contributed by atoms with van der Waals surface area (Å²) in [6, 6.07) is 7.85. The van der Waals surface area contributed by atoms with Crippen molar-refractivity contribution in [1.29, 1.82) is 0 Å². The van der Waals surface area contributed by atoms with Gasteiger partial charge in [-0.3, -0.25) is 0 Å². The van der Waals surface area contributed by atoms with E-state index in [1.54, 1.807) is 4.31 Å². The Bertz CT molecular complexity index is 582. The molecule has 1 aliphatic rings. The van der Waals surface area contributed by atoms with Crippen molar-refractivity contribution in [2.45, 2.75) is 39.5 Å². The number of nitrogens with zero attached hydrogens (tertiary/aromatic N) is 1. The molecule has 0 atom stereocenters. The SMILES string of the molecule is CCNCc1cccc(CS(=O)(=O)N2CCC(C)(C)C2)c1. The molecule has 1 saturated heterocycles.